The Hall–Kier alpha value is -1.30. The number of carbonyl (C=O) groups is 2. The number of nitrogens with zero attached hydrogens (tertiary/aromatic N) is 1. The zero-order valence-corrected chi connectivity index (χ0v) is 17.6. The number of ether oxygens (including phenoxy) is 1. The minimum absolute atomic E-state index is 0.0634. The molecule has 2 atom stereocenters. The van der Waals surface area contributed by atoms with Crippen LogP contribution in [0.2, 0.25) is 10.0 Å². The first-order valence-corrected chi connectivity index (χ1v) is 10.2. The van der Waals surface area contributed by atoms with Crippen LogP contribution in [0.5, 0.6) is 0 Å². The van der Waals surface area contributed by atoms with Gasteiger partial charge in [0.05, 0.1) is 16.7 Å². The number of rotatable bonds is 7. The summed E-state index contributed by atoms with van der Waals surface area (Å²) in [4.78, 5) is 27.6. The van der Waals surface area contributed by atoms with E-state index >= 15 is 0 Å². The van der Waals surface area contributed by atoms with Gasteiger partial charge in [-0.25, -0.2) is 0 Å². The van der Waals surface area contributed by atoms with Crippen molar-refractivity contribution in [3.8, 4) is 0 Å². The van der Waals surface area contributed by atoms with E-state index in [1.807, 2.05) is 20.8 Å². The van der Waals surface area contributed by atoms with Gasteiger partial charge in [0.2, 0.25) is 5.91 Å². The number of piperidine rings is 1. The van der Waals surface area contributed by atoms with Crippen LogP contribution in [-0.4, -0.2) is 48.6 Å². The van der Waals surface area contributed by atoms with Crippen LogP contribution in [0.1, 0.15) is 50.4 Å². The van der Waals surface area contributed by atoms with Crippen molar-refractivity contribution in [2.45, 2.75) is 52.2 Å². The number of amides is 2. The molecule has 0 aliphatic carbocycles. The number of benzene rings is 1. The van der Waals surface area contributed by atoms with Crippen LogP contribution in [-0.2, 0) is 9.53 Å². The average Bonchev–Trinajstić information content (AvgIpc) is 2.60. The molecular weight excluding hydrogens is 387 g/mol. The highest BCUT2D eigenvalue weighted by Crippen LogP contribution is 2.22. The Bertz CT molecular complexity index is 665. The van der Waals surface area contributed by atoms with Gasteiger partial charge >= 0.3 is 0 Å². The molecule has 2 rings (SSSR count). The summed E-state index contributed by atoms with van der Waals surface area (Å²) in [5.74, 6) is -0.173. The van der Waals surface area contributed by atoms with Crippen LogP contribution >= 0.6 is 23.2 Å². The normalized spacial score (nSPS) is 18.4. The quantitative estimate of drug-likeness (QED) is 0.728. The second-order valence-corrected chi connectivity index (χ2v) is 8.13. The van der Waals surface area contributed by atoms with Gasteiger partial charge in [0.15, 0.2) is 0 Å². The molecule has 1 N–H and O–H groups in total. The van der Waals surface area contributed by atoms with Crippen molar-refractivity contribution in [2.75, 3.05) is 19.7 Å². The Labute approximate surface area is 171 Å². The van der Waals surface area contributed by atoms with E-state index in [2.05, 4.69) is 5.32 Å². The molecule has 0 radical (unpaired) electrons. The summed E-state index contributed by atoms with van der Waals surface area (Å²) in [5, 5.41) is 3.60. The second-order valence-electron chi connectivity index (χ2n) is 7.28. The molecule has 5 nitrogen and oxygen atoms in total. The monoisotopic (exact) mass is 414 g/mol. The van der Waals surface area contributed by atoms with Gasteiger partial charge in [-0.05, 0) is 50.3 Å². The molecule has 1 aromatic carbocycles. The van der Waals surface area contributed by atoms with Crippen molar-refractivity contribution in [3.05, 3.63) is 33.8 Å². The third kappa shape index (κ3) is 6.37. The molecule has 2 unspecified atom stereocenters. The highest BCUT2D eigenvalue weighted by atomic mass is 35.5. The van der Waals surface area contributed by atoms with Crippen LogP contribution in [0.3, 0.4) is 0 Å². The molecule has 0 bridgehead atoms. The van der Waals surface area contributed by atoms with Gasteiger partial charge in [0, 0.05) is 24.7 Å². The van der Waals surface area contributed by atoms with Crippen molar-refractivity contribution in [3.63, 3.8) is 0 Å². The number of hydrogen-bond acceptors (Lipinski definition) is 3. The molecule has 1 aromatic rings. The van der Waals surface area contributed by atoms with Crippen LogP contribution in [0.15, 0.2) is 18.2 Å². The molecule has 1 heterocycles. The Morgan fingerprint density at radius 2 is 2.07 bits per heavy atom. The van der Waals surface area contributed by atoms with Crippen LogP contribution < -0.4 is 5.32 Å². The highest BCUT2D eigenvalue weighted by molar-refractivity contribution is 6.36. The maximum Gasteiger partial charge on any atom is 0.253 e. The maximum atomic E-state index is 13.1. The van der Waals surface area contributed by atoms with E-state index in [9.17, 15) is 9.59 Å². The fraction of sp³-hybridized carbons (Fsp3) is 0.600. The Balaban J connectivity index is 2.11. The van der Waals surface area contributed by atoms with Gasteiger partial charge in [-0.3, -0.25) is 9.59 Å². The van der Waals surface area contributed by atoms with Crippen LogP contribution in [0.25, 0.3) is 0 Å². The molecule has 0 saturated carbocycles. The van der Waals surface area contributed by atoms with Gasteiger partial charge < -0.3 is 15.0 Å². The predicted molar refractivity (Wildman–Crippen MR) is 108 cm³/mol. The lowest BCUT2D eigenvalue weighted by molar-refractivity contribution is -0.137. The van der Waals surface area contributed by atoms with Crippen molar-refractivity contribution in [1.29, 1.82) is 0 Å². The largest absolute Gasteiger partial charge is 0.377 e. The highest BCUT2D eigenvalue weighted by Gasteiger charge is 2.31. The fourth-order valence-electron chi connectivity index (χ4n) is 3.33. The van der Waals surface area contributed by atoms with Gasteiger partial charge in [-0.1, -0.05) is 37.0 Å². The number of halogens is 2. The summed E-state index contributed by atoms with van der Waals surface area (Å²) < 4.78 is 5.69. The molecule has 0 spiro atoms. The average molecular weight is 415 g/mol. The molecule has 1 aliphatic heterocycles. The number of nitrogens with one attached hydrogen (secondary N) is 1. The van der Waals surface area contributed by atoms with Crippen molar-refractivity contribution in [1.82, 2.24) is 10.2 Å². The molecule has 1 fully saturated rings. The van der Waals surface area contributed by atoms with Crippen molar-refractivity contribution in [2.24, 2.45) is 5.92 Å². The SMILES string of the molecule is CCOC1CCCN(C(=O)C(CC(C)C)NC(=O)c2ccc(Cl)cc2Cl)C1. The number of carbonyl (C=O) groups excluding carboxylic acids is 2. The molecular formula is C20H28Cl2N2O3. The summed E-state index contributed by atoms with van der Waals surface area (Å²) in [6.07, 6.45) is 2.49. The number of hydrogen-bond donors (Lipinski definition) is 1. The summed E-state index contributed by atoms with van der Waals surface area (Å²) in [5.41, 5.74) is 0.313. The standard InChI is InChI=1S/C20H28Cl2N2O3/c1-4-27-15-6-5-9-24(12-15)20(26)18(10-13(2)3)23-19(25)16-8-7-14(21)11-17(16)22/h7-8,11,13,15,18H,4-6,9-10,12H2,1-3H3,(H,23,25). The third-order valence-corrected chi connectivity index (χ3v) is 5.13. The first-order chi connectivity index (χ1) is 12.8. The molecule has 0 aromatic heterocycles. The fourth-order valence-corrected chi connectivity index (χ4v) is 3.83. The summed E-state index contributed by atoms with van der Waals surface area (Å²) in [6.45, 7) is 7.90. The molecule has 1 aliphatic rings. The lowest BCUT2D eigenvalue weighted by atomic mass is 10.00. The smallest absolute Gasteiger partial charge is 0.253 e. The van der Waals surface area contributed by atoms with E-state index in [0.29, 0.717) is 36.7 Å². The van der Waals surface area contributed by atoms with E-state index in [-0.39, 0.29) is 28.9 Å². The predicted octanol–water partition coefficient (Wildman–Crippen LogP) is 4.17. The van der Waals surface area contributed by atoms with E-state index in [1.54, 1.807) is 17.0 Å². The van der Waals surface area contributed by atoms with E-state index in [4.69, 9.17) is 27.9 Å². The summed E-state index contributed by atoms with van der Waals surface area (Å²) in [6, 6.07) is 4.11. The van der Waals surface area contributed by atoms with Gasteiger partial charge in [0.1, 0.15) is 6.04 Å². The molecule has 150 valence electrons. The second kappa shape index (κ2) is 10.3. The lowest BCUT2D eigenvalue weighted by Gasteiger charge is -2.35. The third-order valence-electron chi connectivity index (χ3n) is 4.58. The maximum absolute atomic E-state index is 13.1. The molecule has 7 heteroatoms. The van der Waals surface area contributed by atoms with Crippen LogP contribution in [0.4, 0.5) is 0 Å². The molecule has 1 saturated heterocycles. The van der Waals surface area contributed by atoms with Gasteiger partial charge in [0.25, 0.3) is 5.91 Å². The summed E-state index contributed by atoms with van der Waals surface area (Å²) in [7, 11) is 0. The van der Waals surface area contributed by atoms with E-state index in [0.717, 1.165) is 12.8 Å². The minimum atomic E-state index is -0.593. The van der Waals surface area contributed by atoms with Crippen molar-refractivity contribution >= 4 is 35.0 Å². The first kappa shape index (κ1) is 22.0. The zero-order chi connectivity index (χ0) is 20.0. The van der Waals surface area contributed by atoms with Crippen molar-refractivity contribution < 1.29 is 14.3 Å². The lowest BCUT2D eigenvalue weighted by Crippen LogP contribution is -2.53. The molecule has 27 heavy (non-hydrogen) atoms. The molecule has 2 amide bonds. The first-order valence-electron chi connectivity index (χ1n) is 9.48. The number of likely N-dealkylation sites (tertiary alicyclic amines) is 1. The van der Waals surface area contributed by atoms with Crippen LogP contribution in [0, 0.1) is 5.92 Å². The Morgan fingerprint density at radius 3 is 2.70 bits per heavy atom. The topological polar surface area (TPSA) is 58.6 Å². The minimum Gasteiger partial charge on any atom is -0.377 e. The Morgan fingerprint density at radius 1 is 1.33 bits per heavy atom. The van der Waals surface area contributed by atoms with E-state index < -0.39 is 6.04 Å². The van der Waals surface area contributed by atoms with Gasteiger partial charge in [-0.15, -0.1) is 0 Å². The van der Waals surface area contributed by atoms with Gasteiger partial charge in [-0.2, -0.15) is 0 Å². The van der Waals surface area contributed by atoms with E-state index in [1.165, 1.54) is 6.07 Å². The zero-order valence-electron chi connectivity index (χ0n) is 16.1. The Kier molecular flexibility index (Phi) is 8.39. The summed E-state index contributed by atoms with van der Waals surface area (Å²) >= 11 is 12.0.